The summed E-state index contributed by atoms with van der Waals surface area (Å²) >= 11 is 0. The quantitative estimate of drug-likeness (QED) is 0.179. The summed E-state index contributed by atoms with van der Waals surface area (Å²) in [4.78, 5) is 62.4. The Kier molecular flexibility index (Phi) is 11.9. The first-order valence-electron chi connectivity index (χ1n) is 19.8. The van der Waals surface area contributed by atoms with Gasteiger partial charge >= 0.3 is 6.03 Å². The molecule has 12 nitrogen and oxygen atoms in total. The standard InChI is InChI=1S/C44H53N7O5/c1-5-50(36-14-21-56-22-15-36)40-26-34(25-38(31(40)4)42(53)45-27-39-29(2)23-30(3)46-43(39)54)33-9-11-35(12-10-33)49-19-17-48(18-20-49)28-32-7-6-8-37(24-32)51-16-13-41(52)47-44(51)55/h6-12,23-26,36H,5,13-22,27-28H2,1-4H3,(H,45,53)(H,46,54)(H,47,52,55). The highest BCUT2D eigenvalue weighted by Crippen LogP contribution is 2.35. The monoisotopic (exact) mass is 759 g/mol. The zero-order valence-corrected chi connectivity index (χ0v) is 33.0. The van der Waals surface area contributed by atoms with E-state index in [-0.39, 0.29) is 29.9 Å². The van der Waals surface area contributed by atoms with Gasteiger partial charge in [0.05, 0.1) is 0 Å². The lowest BCUT2D eigenvalue weighted by Gasteiger charge is -2.37. The van der Waals surface area contributed by atoms with E-state index in [0.29, 0.717) is 30.1 Å². The maximum Gasteiger partial charge on any atom is 0.328 e. The topological polar surface area (TPSA) is 130 Å². The molecule has 0 atom stereocenters. The predicted octanol–water partition coefficient (Wildman–Crippen LogP) is 5.67. The van der Waals surface area contributed by atoms with Crippen LogP contribution < -0.4 is 30.9 Å². The van der Waals surface area contributed by atoms with Crippen LogP contribution in [-0.4, -0.2) is 86.3 Å². The van der Waals surface area contributed by atoms with Gasteiger partial charge in [-0.25, -0.2) is 4.79 Å². The number of benzene rings is 3. The number of imide groups is 1. The molecule has 0 saturated carbocycles. The first-order chi connectivity index (χ1) is 27.1. The van der Waals surface area contributed by atoms with Crippen molar-refractivity contribution in [2.45, 2.75) is 66.1 Å². The summed E-state index contributed by atoms with van der Waals surface area (Å²) < 4.78 is 5.69. The lowest BCUT2D eigenvalue weighted by atomic mass is 9.95. The number of amides is 4. The Morgan fingerprint density at radius 2 is 1.62 bits per heavy atom. The highest BCUT2D eigenvalue weighted by Gasteiger charge is 2.27. The van der Waals surface area contributed by atoms with E-state index in [4.69, 9.17) is 4.74 Å². The number of nitrogens with one attached hydrogen (secondary N) is 3. The van der Waals surface area contributed by atoms with Crippen LogP contribution >= 0.6 is 0 Å². The molecular weight excluding hydrogens is 707 g/mol. The molecule has 0 spiro atoms. The highest BCUT2D eigenvalue weighted by molar-refractivity contribution is 6.05. The van der Waals surface area contributed by atoms with E-state index in [2.05, 4.69) is 73.6 Å². The summed E-state index contributed by atoms with van der Waals surface area (Å²) in [6.07, 6.45) is 2.17. The summed E-state index contributed by atoms with van der Waals surface area (Å²) in [6, 6.07) is 22.7. The Bertz CT molecular complexity index is 2130. The van der Waals surface area contributed by atoms with Gasteiger partial charge in [-0.1, -0.05) is 24.3 Å². The first kappa shape index (κ1) is 38.8. The second-order valence-electron chi connectivity index (χ2n) is 15.2. The summed E-state index contributed by atoms with van der Waals surface area (Å²) in [5, 5.41) is 5.46. The first-order valence-corrected chi connectivity index (χ1v) is 19.8. The number of anilines is 3. The average Bonchev–Trinajstić information content (AvgIpc) is 3.19. The molecule has 3 aliphatic rings. The van der Waals surface area contributed by atoms with Crippen LogP contribution in [0.1, 0.15) is 64.5 Å². The third-order valence-corrected chi connectivity index (χ3v) is 11.4. The van der Waals surface area contributed by atoms with Crippen molar-refractivity contribution in [3.8, 4) is 11.1 Å². The molecule has 4 aromatic rings. The molecular formula is C44H53N7O5. The van der Waals surface area contributed by atoms with Gasteiger partial charge in [0, 0.05) is 112 Å². The van der Waals surface area contributed by atoms with Crippen molar-refractivity contribution in [1.29, 1.82) is 0 Å². The second kappa shape index (κ2) is 17.1. The molecule has 3 saturated heterocycles. The van der Waals surface area contributed by atoms with Gasteiger partial charge in [-0.05, 0) is 111 Å². The maximum absolute atomic E-state index is 14.0. The molecule has 3 aromatic carbocycles. The Labute approximate surface area is 328 Å². The van der Waals surface area contributed by atoms with Gasteiger partial charge in [-0.15, -0.1) is 0 Å². The van der Waals surface area contributed by atoms with Crippen LogP contribution in [0.4, 0.5) is 21.9 Å². The van der Waals surface area contributed by atoms with Crippen LogP contribution in [-0.2, 0) is 22.6 Å². The van der Waals surface area contributed by atoms with E-state index >= 15 is 0 Å². The van der Waals surface area contributed by atoms with Gasteiger partial charge in [0.25, 0.3) is 11.5 Å². The summed E-state index contributed by atoms with van der Waals surface area (Å²) in [7, 11) is 0. The van der Waals surface area contributed by atoms with Crippen molar-refractivity contribution in [1.82, 2.24) is 20.5 Å². The van der Waals surface area contributed by atoms with Crippen molar-refractivity contribution in [3.63, 3.8) is 0 Å². The third kappa shape index (κ3) is 8.66. The Hall–Kier alpha value is -5.46. The molecule has 3 aliphatic heterocycles. The SMILES string of the molecule is CCN(c1cc(-c2ccc(N3CCN(Cc4cccc(N5CCC(=O)NC5=O)c4)CC3)cc2)cc(C(=O)NCc2c(C)cc(C)[nH]c2=O)c1C)C1CCOCC1. The number of aromatic nitrogens is 1. The molecule has 0 radical (unpaired) electrons. The molecule has 12 heteroatoms. The molecule has 3 fully saturated rings. The number of aryl methyl sites for hydroxylation is 2. The van der Waals surface area contributed by atoms with Gasteiger partial charge in [0.1, 0.15) is 0 Å². The van der Waals surface area contributed by atoms with E-state index in [0.717, 1.165) is 116 Å². The zero-order valence-electron chi connectivity index (χ0n) is 33.0. The fourth-order valence-corrected chi connectivity index (χ4v) is 8.31. The number of nitrogens with zero attached hydrogens (tertiary/aromatic N) is 4. The van der Waals surface area contributed by atoms with E-state index in [1.54, 1.807) is 4.90 Å². The zero-order chi connectivity index (χ0) is 39.3. The Morgan fingerprint density at radius 1 is 0.875 bits per heavy atom. The normalized spacial score (nSPS) is 16.9. The fraction of sp³-hybridized carbons (Fsp3) is 0.409. The van der Waals surface area contributed by atoms with E-state index in [9.17, 15) is 19.2 Å². The number of ether oxygens (including phenoxy) is 1. The van der Waals surface area contributed by atoms with Gasteiger partial charge in [-0.3, -0.25) is 29.5 Å². The molecule has 7 rings (SSSR count). The minimum absolute atomic E-state index is 0.144. The largest absolute Gasteiger partial charge is 0.381 e. The lowest BCUT2D eigenvalue weighted by molar-refractivity contribution is -0.120. The molecule has 0 bridgehead atoms. The van der Waals surface area contributed by atoms with Crippen LogP contribution in [0.25, 0.3) is 11.1 Å². The van der Waals surface area contributed by atoms with Gasteiger partial charge in [0.2, 0.25) is 5.91 Å². The number of carbonyl (C=O) groups excluding carboxylic acids is 3. The van der Waals surface area contributed by atoms with Crippen LogP contribution in [0.3, 0.4) is 0 Å². The van der Waals surface area contributed by atoms with Crippen molar-refractivity contribution in [3.05, 3.63) is 111 Å². The predicted molar refractivity (Wildman–Crippen MR) is 221 cm³/mol. The molecule has 4 heterocycles. The van der Waals surface area contributed by atoms with E-state index < -0.39 is 0 Å². The summed E-state index contributed by atoms with van der Waals surface area (Å²) in [5.74, 6) is -0.440. The number of urea groups is 1. The number of hydrogen-bond acceptors (Lipinski definition) is 8. The molecule has 4 amide bonds. The molecule has 3 N–H and O–H groups in total. The van der Waals surface area contributed by atoms with Crippen LogP contribution in [0, 0.1) is 20.8 Å². The van der Waals surface area contributed by atoms with Crippen LogP contribution in [0.2, 0.25) is 0 Å². The minimum atomic E-state index is -0.368. The summed E-state index contributed by atoms with van der Waals surface area (Å²) in [5.41, 5.74) is 9.69. The number of aromatic amines is 1. The molecule has 0 aliphatic carbocycles. The molecule has 0 unspecified atom stereocenters. The molecule has 56 heavy (non-hydrogen) atoms. The van der Waals surface area contributed by atoms with Crippen LogP contribution in [0.15, 0.2) is 71.5 Å². The van der Waals surface area contributed by atoms with E-state index in [1.807, 2.05) is 51.1 Å². The Morgan fingerprint density at radius 3 is 2.32 bits per heavy atom. The fourth-order valence-electron chi connectivity index (χ4n) is 8.31. The molecule has 294 valence electrons. The van der Waals surface area contributed by atoms with Gasteiger partial charge < -0.3 is 24.8 Å². The number of hydrogen-bond donors (Lipinski definition) is 3. The molecule has 1 aromatic heterocycles. The van der Waals surface area contributed by atoms with Crippen LogP contribution in [0.5, 0.6) is 0 Å². The Balaban J connectivity index is 1.06. The van der Waals surface area contributed by atoms with Gasteiger partial charge in [0.15, 0.2) is 0 Å². The highest BCUT2D eigenvalue weighted by atomic mass is 16.5. The smallest absolute Gasteiger partial charge is 0.328 e. The maximum atomic E-state index is 14.0. The van der Waals surface area contributed by atoms with Crippen molar-refractivity contribution >= 4 is 34.9 Å². The lowest BCUT2D eigenvalue weighted by Crippen LogP contribution is -2.49. The van der Waals surface area contributed by atoms with Crippen molar-refractivity contribution in [2.75, 3.05) is 67.2 Å². The summed E-state index contributed by atoms with van der Waals surface area (Å²) in [6.45, 7) is 15.1. The number of piperazine rings is 1. The second-order valence-corrected chi connectivity index (χ2v) is 15.2. The van der Waals surface area contributed by atoms with Gasteiger partial charge in [-0.2, -0.15) is 0 Å². The number of rotatable bonds is 11. The minimum Gasteiger partial charge on any atom is -0.381 e. The van der Waals surface area contributed by atoms with Crippen molar-refractivity contribution in [2.24, 2.45) is 0 Å². The third-order valence-electron chi connectivity index (χ3n) is 11.4. The van der Waals surface area contributed by atoms with Crippen molar-refractivity contribution < 1.29 is 19.1 Å². The van der Waals surface area contributed by atoms with E-state index in [1.165, 1.54) is 0 Å². The number of H-pyrrole nitrogens is 1. The number of carbonyl (C=O) groups is 3. The average molecular weight is 760 g/mol. The number of pyridine rings is 1.